The van der Waals surface area contributed by atoms with Crippen LogP contribution in [0.1, 0.15) is 44.0 Å². The van der Waals surface area contributed by atoms with Crippen molar-refractivity contribution in [1.29, 1.82) is 0 Å². The molecule has 1 N–H and O–H groups in total. The van der Waals surface area contributed by atoms with E-state index in [2.05, 4.69) is 43.3 Å². The van der Waals surface area contributed by atoms with Gasteiger partial charge < -0.3 is 5.32 Å². The first kappa shape index (κ1) is 17.4. The number of nitrogens with one attached hydrogen (secondary N) is 1. The summed E-state index contributed by atoms with van der Waals surface area (Å²) in [7, 11) is 0. The molecule has 4 nitrogen and oxygen atoms in total. The summed E-state index contributed by atoms with van der Waals surface area (Å²) in [5, 5.41) is 7.65. The molecule has 1 aromatic carbocycles. The second-order valence-corrected chi connectivity index (χ2v) is 7.55. The van der Waals surface area contributed by atoms with Crippen molar-refractivity contribution < 1.29 is 4.79 Å². The lowest BCUT2D eigenvalue weighted by atomic mass is 10.2. The molecule has 0 saturated carbocycles. The Bertz CT molecular complexity index is 919. The van der Waals surface area contributed by atoms with Gasteiger partial charge in [-0.3, -0.25) is 4.79 Å². The first-order valence-corrected chi connectivity index (χ1v) is 9.26. The van der Waals surface area contributed by atoms with Crippen molar-refractivity contribution in [2.45, 2.75) is 41.0 Å². The van der Waals surface area contributed by atoms with Crippen LogP contribution in [0.4, 0.5) is 5.69 Å². The maximum absolute atomic E-state index is 12.7. The van der Waals surface area contributed by atoms with Crippen LogP contribution in [0.3, 0.4) is 0 Å². The molecule has 2 heterocycles. The van der Waals surface area contributed by atoms with Crippen LogP contribution >= 0.6 is 11.3 Å². The van der Waals surface area contributed by atoms with Gasteiger partial charge in [0.2, 0.25) is 0 Å². The van der Waals surface area contributed by atoms with E-state index in [0.717, 1.165) is 34.1 Å². The van der Waals surface area contributed by atoms with Crippen molar-refractivity contribution in [3.63, 3.8) is 0 Å². The summed E-state index contributed by atoms with van der Waals surface area (Å²) in [6.07, 6.45) is 0.943. The fourth-order valence-electron chi connectivity index (χ4n) is 2.92. The maximum atomic E-state index is 12.7. The minimum atomic E-state index is -0.0672. The van der Waals surface area contributed by atoms with E-state index in [0.29, 0.717) is 0 Å². The summed E-state index contributed by atoms with van der Waals surface area (Å²) < 4.78 is 1.88. The molecule has 130 valence electrons. The van der Waals surface area contributed by atoms with Gasteiger partial charge in [0.05, 0.1) is 27.6 Å². The predicted octanol–water partition coefficient (Wildman–Crippen LogP) is 4.98. The number of thiophene rings is 1. The Kier molecular flexibility index (Phi) is 4.77. The zero-order valence-electron chi connectivity index (χ0n) is 15.3. The molecule has 5 heteroatoms. The van der Waals surface area contributed by atoms with Gasteiger partial charge in [-0.2, -0.15) is 5.10 Å². The average molecular weight is 353 g/mol. The molecular formula is C20H23N3OS. The number of carbonyl (C=O) groups is 1. The molecule has 1 amide bonds. The monoisotopic (exact) mass is 353 g/mol. The number of hydrogen-bond donors (Lipinski definition) is 1. The fraction of sp³-hybridized carbons (Fsp3) is 0.300. The molecular weight excluding hydrogens is 330 g/mol. The van der Waals surface area contributed by atoms with Gasteiger partial charge in [-0.15, -0.1) is 11.3 Å². The Hall–Kier alpha value is -2.40. The van der Waals surface area contributed by atoms with Crippen LogP contribution in [-0.4, -0.2) is 15.7 Å². The number of aryl methyl sites for hydroxylation is 4. The lowest BCUT2D eigenvalue weighted by Gasteiger charge is -2.07. The Balaban J connectivity index is 1.90. The molecule has 2 aromatic heterocycles. The van der Waals surface area contributed by atoms with Crippen molar-refractivity contribution in [2.75, 3.05) is 5.32 Å². The van der Waals surface area contributed by atoms with Crippen LogP contribution in [0.2, 0.25) is 0 Å². The van der Waals surface area contributed by atoms with Crippen molar-refractivity contribution >= 4 is 22.9 Å². The van der Waals surface area contributed by atoms with E-state index in [4.69, 9.17) is 0 Å². The Labute approximate surface area is 152 Å². The highest BCUT2D eigenvalue weighted by molar-refractivity contribution is 7.14. The molecule has 0 aliphatic rings. The van der Waals surface area contributed by atoms with Crippen LogP contribution < -0.4 is 5.32 Å². The Morgan fingerprint density at radius 3 is 2.44 bits per heavy atom. The number of rotatable bonds is 4. The van der Waals surface area contributed by atoms with Gasteiger partial charge in [-0.1, -0.05) is 24.6 Å². The number of aromatic nitrogens is 2. The van der Waals surface area contributed by atoms with E-state index in [1.54, 1.807) is 11.3 Å². The summed E-state index contributed by atoms with van der Waals surface area (Å²) in [6, 6.07) is 10.2. The summed E-state index contributed by atoms with van der Waals surface area (Å²) >= 11 is 1.54. The van der Waals surface area contributed by atoms with E-state index >= 15 is 0 Å². The standard InChI is InChI=1S/C20H23N3OS/c1-6-16-11-18(25-15(16)5)20(24)21-19-13(3)22-23(14(19)4)17-9-7-12(2)8-10-17/h7-11H,6H2,1-5H3,(H,21,24). The Morgan fingerprint density at radius 2 is 1.84 bits per heavy atom. The molecule has 0 radical (unpaired) electrons. The summed E-state index contributed by atoms with van der Waals surface area (Å²) in [6.45, 7) is 10.1. The van der Waals surface area contributed by atoms with Gasteiger partial charge >= 0.3 is 0 Å². The number of benzene rings is 1. The zero-order chi connectivity index (χ0) is 18.1. The molecule has 25 heavy (non-hydrogen) atoms. The molecule has 0 bridgehead atoms. The van der Waals surface area contributed by atoms with Crippen LogP contribution in [0.15, 0.2) is 30.3 Å². The lowest BCUT2D eigenvalue weighted by molar-refractivity contribution is 0.103. The Morgan fingerprint density at radius 1 is 1.16 bits per heavy atom. The van der Waals surface area contributed by atoms with E-state index in [1.165, 1.54) is 16.0 Å². The molecule has 0 fully saturated rings. The lowest BCUT2D eigenvalue weighted by Crippen LogP contribution is -2.11. The second-order valence-electron chi connectivity index (χ2n) is 6.29. The normalized spacial score (nSPS) is 10.9. The molecule has 0 aliphatic carbocycles. The van der Waals surface area contributed by atoms with Gasteiger partial charge in [0.15, 0.2) is 0 Å². The topological polar surface area (TPSA) is 46.9 Å². The smallest absolute Gasteiger partial charge is 0.265 e. The van der Waals surface area contributed by atoms with Crippen LogP contribution in [0, 0.1) is 27.7 Å². The largest absolute Gasteiger partial charge is 0.318 e. The molecule has 3 rings (SSSR count). The molecule has 3 aromatic rings. The maximum Gasteiger partial charge on any atom is 0.265 e. The van der Waals surface area contributed by atoms with Crippen LogP contribution in [0.25, 0.3) is 5.69 Å². The van der Waals surface area contributed by atoms with Crippen molar-refractivity contribution in [3.05, 3.63) is 62.6 Å². The zero-order valence-corrected chi connectivity index (χ0v) is 16.1. The fourth-order valence-corrected chi connectivity index (χ4v) is 3.93. The highest BCUT2D eigenvalue weighted by Gasteiger charge is 2.18. The van der Waals surface area contributed by atoms with Gasteiger partial charge in [0, 0.05) is 4.88 Å². The third-order valence-electron chi connectivity index (χ3n) is 4.43. The minimum absolute atomic E-state index is 0.0672. The third-order valence-corrected chi connectivity index (χ3v) is 5.53. The van der Waals surface area contributed by atoms with Gasteiger partial charge in [0.1, 0.15) is 0 Å². The molecule has 0 saturated heterocycles. The average Bonchev–Trinajstić information content (AvgIpc) is 3.10. The highest BCUT2D eigenvalue weighted by Crippen LogP contribution is 2.26. The summed E-state index contributed by atoms with van der Waals surface area (Å²) in [4.78, 5) is 14.6. The van der Waals surface area contributed by atoms with Crippen molar-refractivity contribution in [3.8, 4) is 5.69 Å². The van der Waals surface area contributed by atoms with Crippen LogP contribution in [0.5, 0.6) is 0 Å². The predicted molar refractivity (Wildman–Crippen MR) is 104 cm³/mol. The SMILES string of the molecule is CCc1cc(C(=O)Nc2c(C)nn(-c3ccc(C)cc3)c2C)sc1C. The first-order valence-electron chi connectivity index (χ1n) is 8.44. The van der Waals surface area contributed by atoms with E-state index < -0.39 is 0 Å². The first-order chi connectivity index (χ1) is 11.9. The highest BCUT2D eigenvalue weighted by atomic mass is 32.1. The number of anilines is 1. The van der Waals surface area contributed by atoms with Crippen molar-refractivity contribution in [2.24, 2.45) is 0 Å². The second kappa shape index (κ2) is 6.84. The van der Waals surface area contributed by atoms with E-state index in [-0.39, 0.29) is 5.91 Å². The van der Waals surface area contributed by atoms with Crippen LogP contribution in [-0.2, 0) is 6.42 Å². The van der Waals surface area contributed by atoms with Gasteiger partial charge in [-0.25, -0.2) is 4.68 Å². The summed E-state index contributed by atoms with van der Waals surface area (Å²) in [5.74, 6) is -0.0672. The number of amides is 1. The summed E-state index contributed by atoms with van der Waals surface area (Å²) in [5.41, 5.74) is 5.97. The molecule has 0 atom stereocenters. The van der Waals surface area contributed by atoms with Gasteiger partial charge in [-0.05, 0) is 57.9 Å². The molecule has 0 spiro atoms. The number of carbonyl (C=O) groups excluding carboxylic acids is 1. The van der Waals surface area contributed by atoms with Crippen molar-refractivity contribution in [1.82, 2.24) is 9.78 Å². The number of hydrogen-bond acceptors (Lipinski definition) is 3. The minimum Gasteiger partial charge on any atom is -0.318 e. The third kappa shape index (κ3) is 3.37. The molecule has 0 unspecified atom stereocenters. The number of nitrogens with zero attached hydrogens (tertiary/aromatic N) is 2. The van der Waals surface area contributed by atoms with E-state index in [9.17, 15) is 4.79 Å². The quantitative estimate of drug-likeness (QED) is 0.719. The van der Waals surface area contributed by atoms with Gasteiger partial charge in [0.25, 0.3) is 5.91 Å². The van der Waals surface area contributed by atoms with E-state index in [1.807, 2.05) is 36.7 Å². The molecule has 0 aliphatic heterocycles.